The fourth-order valence-electron chi connectivity index (χ4n) is 2.77. The molecule has 0 aliphatic carbocycles. The SMILES string of the molecule is C[B]c1ccc(-c2ccc3oc4ccccc4c3c2)cc1. The van der Waals surface area contributed by atoms with Gasteiger partial charge in [-0.15, -0.1) is 0 Å². The minimum absolute atomic E-state index is 0.943. The smallest absolute Gasteiger partial charge is 0.148 e. The van der Waals surface area contributed by atoms with Crippen molar-refractivity contribution in [3.8, 4) is 11.1 Å². The van der Waals surface area contributed by atoms with Gasteiger partial charge in [-0.3, -0.25) is 0 Å². The Balaban J connectivity index is 1.90. The first-order valence-electron chi connectivity index (χ1n) is 7.16. The van der Waals surface area contributed by atoms with Crippen molar-refractivity contribution in [3.05, 3.63) is 66.7 Å². The minimum Gasteiger partial charge on any atom is -0.456 e. The average molecular weight is 269 g/mol. The van der Waals surface area contributed by atoms with Crippen LogP contribution in [-0.4, -0.2) is 7.28 Å². The molecule has 0 bridgehead atoms. The predicted molar refractivity (Wildman–Crippen MR) is 90.4 cm³/mol. The normalized spacial score (nSPS) is 11.1. The lowest BCUT2D eigenvalue weighted by atomic mass is 9.73. The lowest BCUT2D eigenvalue weighted by Gasteiger charge is -2.03. The Morgan fingerprint density at radius 2 is 1.43 bits per heavy atom. The van der Waals surface area contributed by atoms with Crippen LogP contribution in [0, 0.1) is 0 Å². The highest BCUT2D eigenvalue weighted by Crippen LogP contribution is 2.31. The van der Waals surface area contributed by atoms with Crippen LogP contribution in [-0.2, 0) is 0 Å². The second-order valence-electron chi connectivity index (χ2n) is 5.22. The molecule has 0 spiro atoms. The third kappa shape index (κ3) is 2.04. The molecule has 4 rings (SSSR count). The van der Waals surface area contributed by atoms with Gasteiger partial charge in [0.15, 0.2) is 0 Å². The zero-order chi connectivity index (χ0) is 14.2. The van der Waals surface area contributed by atoms with Crippen LogP contribution < -0.4 is 5.46 Å². The Labute approximate surface area is 124 Å². The van der Waals surface area contributed by atoms with Gasteiger partial charge in [0.25, 0.3) is 0 Å². The Morgan fingerprint density at radius 3 is 2.24 bits per heavy atom. The Hall–Kier alpha value is -2.48. The summed E-state index contributed by atoms with van der Waals surface area (Å²) in [5.74, 6) is 0. The van der Waals surface area contributed by atoms with Gasteiger partial charge in [0, 0.05) is 10.8 Å². The third-order valence-corrected chi connectivity index (χ3v) is 3.95. The van der Waals surface area contributed by atoms with Gasteiger partial charge >= 0.3 is 0 Å². The summed E-state index contributed by atoms with van der Waals surface area (Å²) in [5, 5.41) is 2.35. The van der Waals surface area contributed by atoms with Crippen LogP contribution in [0.4, 0.5) is 0 Å². The topological polar surface area (TPSA) is 13.1 Å². The molecule has 4 aromatic rings. The molecule has 0 aliphatic rings. The van der Waals surface area contributed by atoms with E-state index in [2.05, 4.69) is 68.7 Å². The van der Waals surface area contributed by atoms with E-state index >= 15 is 0 Å². The molecule has 21 heavy (non-hydrogen) atoms. The van der Waals surface area contributed by atoms with E-state index in [1.807, 2.05) is 12.1 Å². The van der Waals surface area contributed by atoms with E-state index in [-0.39, 0.29) is 0 Å². The lowest BCUT2D eigenvalue weighted by molar-refractivity contribution is 0.669. The molecule has 99 valence electrons. The monoisotopic (exact) mass is 269 g/mol. The number of hydrogen-bond donors (Lipinski definition) is 0. The highest BCUT2D eigenvalue weighted by molar-refractivity contribution is 6.51. The van der Waals surface area contributed by atoms with Crippen molar-refractivity contribution in [3.63, 3.8) is 0 Å². The van der Waals surface area contributed by atoms with E-state index in [1.165, 1.54) is 27.4 Å². The molecule has 1 aromatic heterocycles. The van der Waals surface area contributed by atoms with Crippen molar-refractivity contribution in [2.75, 3.05) is 0 Å². The molecule has 1 radical (unpaired) electrons. The van der Waals surface area contributed by atoms with Crippen molar-refractivity contribution < 1.29 is 4.42 Å². The predicted octanol–water partition coefficient (Wildman–Crippen LogP) is 4.63. The van der Waals surface area contributed by atoms with Crippen LogP contribution in [0.5, 0.6) is 0 Å². The van der Waals surface area contributed by atoms with Gasteiger partial charge in [0.2, 0.25) is 0 Å². The van der Waals surface area contributed by atoms with Crippen LogP contribution in [0.25, 0.3) is 33.1 Å². The second kappa shape index (κ2) is 4.82. The summed E-state index contributed by atoms with van der Waals surface area (Å²) in [7, 11) is 2.11. The molecule has 0 N–H and O–H groups in total. The van der Waals surface area contributed by atoms with Crippen LogP contribution >= 0.6 is 0 Å². The molecule has 0 fully saturated rings. The highest BCUT2D eigenvalue weighted by atomic mass is 16.3. The van der Waals surface area contributed by atoms with Gasteiger partial charge in [0.05, 0.1) is 0 Å². The Kier molecular flexibility index (Phi) is 2.82. The van der Waals surface area contributed by atoms with E-state index in [0.717, 1.165) is 11.2 Å². The van der Waals surface area contributed by atoms with Gasteiger partial charge in [0.1, 0.15) is 18.4 Å². The van der Waals surface area contributed by atoms with Crippen LogP contribution in [0.1, 0.15) is 0 Å². The van der Waals surface area contributed by atoms with Crippen molar-refractivity contribution in [1.29, 1.82) is 0 Å². The number of para-hydroxylation sites is 1. The zero-order valence-electron chi connectivity index (χ0n) is 11.8. The molecule has 1 nitrogen and oxygen atoms in total. The van der Waals surface area contributed by atoms with Crippen molar-refractivity contribution in [1.82, 2.24) is 0 Å². The molecule has 3 aromatic carbocycles. The first-order valence-corrected chi connectivity index (χ1v) is 7.16. The molecule has 0 unspecified atom stereocenters. The molecule has 2 heteroatoms. The minimum atomic E-state index is 0.943. The molecule has 0 amide bonds. The summed E-state index contributed by atoms with van der Waals surface area (Å²) in [4.78, 5) is 0. The number of rotatable bonds is 2. The number of benzene rings is 3. The first-order chi connectivity index (χ1) is 10.3. The molecule has 0 atom stereocenters. The first kappa shape index (κ1) is 12.3. The molecule has 1 heterocycles. The maximum absolute atomic E-state index is 5.87. The molecule has 0 saturated carbocycles. The third-order valence-electron chi connectivity index (χ3n) is 3.95. The van der Waals surface area contributed by atoms with Crippen LogP contribution in [0.15, 0.2) is 71.1 Å². The standard InChI is InChI=1S/C19H14BO/c1-20-15-9-6-13(7-10-15)14-8-11-19-17(12-14)16-4-2-3-5-18(16)21-19/h2-12H,1H3. The summed E-state index contributed by atoms with van der Waals surface area (Å²) in [6.07, 6.45) is 0. The molecule has 0 aliphatic heterocycles. The average Bonchev–Trinajstić information content (AvgIpc) is 2.93. The molecular formula is C19H14BO. The number of hydrogen-bond acceptors (Lipinski definition) is 1. The maximum Gasteiger partial charge on any atom is 0.148 e. The Morgan fingerprint density at radius 1 is 0.714 bits per heavy atom. The number of furan rings is 1. The van der Waals surface area contributed by atoms with Crippen molar-refractivity contribution in [2.24, 2.45) is 0 Å². The van der Waals surface area contributed by atoms with Crippen molar-refractivity contribution in [2.45, 2.75) is 6.82 Å². The summed E-state index contributed by atoms with van der Waals surface area (Å²) < 4.78 is 5.87. The van der Waals surface area contributed by atoms with Crippen LogP contribution in [0.2, 0.25) is 6.82 Å². The van der Waals surface area contributed by atoms with E-state index in [9.17, 15) is 0 Å². The fraction of sp³-hybridized carbons (Fsp3) is 0.0526. The summed E-state index contributed by atoms with van der Waals surface area (Å²) in [5.41, 5.74) is 5.58. The van der Waals surface area contributed by atoms with Crippen molar-refractivity contribution >= 4 is 34.7 Å². The van der Waals surface area contributed by atoms with Gasteiger partial charge < -0.3 is 4.42 Å². The van der Waals surface area contributed by atoms with E-state index in [4.69, 9.17) is 4.42 Å². The largest absolute Gasteiger partial charge is 0.456 e. The van der Waals surface area contributed by atoms with Gasteiger partial charge in [-0.2, -0.15) is 0 Å². The summed E-state index contributed by atoms with van der Waals surface area (Å²) >= 11 is 0. The molecular weight excluding hydrogens is 255 g/mol. The van der Waals surface area contributed by atoms with Crippen LogP contribution in [0.3, 0.4) is 0 Å². The van der Waals surface area contributed by atoms with E-state index in [1.54, 1.807) is 0 Å². The quantitative estimate of drug-likeness (QED) is 0.483. The lowest BCUT2D eigenvalue weighted by Crippen LogP contribution is -2.08. The summed E-state index contributed by atoms with van der Waals surface area (Å²) in [6.45, 7) is 2.05. The zero-order valence-corrected chi connectivity index (χ0v) is 11.8. The van der Waals surface area contributed by atoms with Gasteiger partial charge in [-0.25, -0.2) is 0 Å². The van der Waals surface area contributed by atoms with E-state index in [0.29, 0.717) is 0 Å². The second-order valence-corrected chi connectivity index (χ2v) is 5.22. The maximum atomic E-state index is 5.87. The van der Waals surface area contributed by atoms with Gasteiger partial charge in [-0.1, -0.05) is 60.8 Å². The fourth-order valence-corrected chi connectivity index (χ4v) is 2.77. The molecule has 0 saturated heterocycles. The van der Waals surface area contributed by atoms with E-state index < -0.39 is 0 Å². The Bertz CT molecular complexity index is 919. The number of fused-ring (bicyclic) bond motifs is 3. The highest BCUT2D eigenvalue weighted by Gasteiger charge is 2.07. The van der Waals surface area contributed by atoms with Gasteiger partial charge in [-0.05, 0) is 29.3 Å². The summed E-state index contributed by atoms with van der Waals surface area (Å²) in [6, 6.07) is 23.2.